The molecule has 2 aromatic rings. The Morgan fingerprint density at radius 1 is 0.905 bits per heavy atom. The molecule has 0 aliphatic rings. The minimum absolute atomic E-state index is 0.434. The van der Waals surface area contributed by atoms with Crippen molar-refractivity contribution in [1.82, 2.24) is 0 Å². The topological polar surface area (TPSA) is 41.1 Å². The van der Waals surface area contributed by atoms with Crippen LogP contribution in [-0.2, 0) is 0 Å². The molecular weight excluding hydrogens is 281 g/mol. The number of carbonyl (C=O) groups is 1. The molecule has 0 radical (unpaired) electrons. The van der Waals surface area contributed by atoms with E-state index in [0.29, 0.717) is 5.69 Å². The van der Waals surface area contributed by atoms with Crippen molar-refractivity contribution in [3.05, 3.63) is 58.9 Å². The normalized spacial score (nSPS) is 10.3. The molecule has 0 unspecified atom stereocenters. The van der Waals surface area contributed by atoms with Gasteiger partial charge in [0.25, 0.3) is 0 Å². The lowest BCUT2D eigenvalue weighted by atomic mass is 10.1. The molecule has 0 saturated carbocycles. The highest BCUT2D eigenvalue weighted by molar-refractivity contribution is 6.00. The van der Waals surface area contributed by atoms with Crippen LogP contribution in [0.1, 0.15) is 11.1 Å². The summed E-state index contributed by atoms with van der Waals surface area (Å²) in [7, 11) is 0. The van der Waals surface area contributed by atoms with Gasteiger partial charge >= 0.3 is 6.03 Å². The van der Waals surface area contributed by atoms with Gasteiger partial charge in [-0.2, -0.15) is 0 Å². The number of amides is 2. The maximum absolute atomic E-state index is 13.4. The average molecular weight is 294 g/mol. The van der Waals surface area contributed by atoms with Gasteiger partial charge in [-0.05, 0) is 43.2 Å². The van der Waals surface area contributed by atoms with E-state index in [2.05, 4.69) is 10.6 Å². The van der Waals surface area contributed by atoms with Gasteiger partial charge in [0.2, 0.25) is 0 Å². The van der Waals surface area contributed by atoms with Crippen LogP contribution in [0.5, 0.6) is 0 Å². The molecule has 0 atom stereocenters. The minimum atomic E-state index is -1.63. The molecule has 3 nitrogen and oxygen atoms in total. The molecule has 6 heteroatoms. The molecule has 2 N–H and O–H groups in total. The van der Waals surface area contributed by atoms with Gasteiger partial charge in [0, 0.05) is 5.69 Å². The van der Waals surface area contributed by atoms with E-state index >= 15 is 0 Å². The Morgan fingerprint density at radius 3 is 2.29 bits per heavy atom. The Kier molecular flexibility index (Phi) is 4.16. The van der Waals surface area contributed by atoms with Crippen LogP contribution in [0.2, 0.25) is 0 Å². The summed E-state index contributed by atoms with van der Waals surface area (Å²) in [5, 5.41) is 4.67. The molecule has 110 valence electrons. The summed E-state index contributed by atoms with van der Waals surface area (Å²) in [6.07, 6.45) is 0. The van der Waals surface area contributed by atoms with Crippen LogP contribution < -0.4 is 10.6 Å². The number of nitrogens with one attached hydrogen (secondary N) is 2. The molecule has 0 spiro atoms. The summed E-state index contributed by atoms with van der Waals surface area (Å²) < 4.78 is 39.3. The minimum Gasteiger partial charge on any atom is -0.307 e. The number of carbonyl (C=O) groups excluding carboxylic acids is 1. The number of aryl methyl sites for hydroxylation is 1. The van der Waals surface area contributed by atoms with Crippen molar-refractivity contribution in [3.63, 3.8) is 0 Å². The zero-order chi connectivity index (χ0) is 15.6. The fraction of sp³-hybridized carbons (Fsp3) is 0.133. The van der Waals surface area contributed by atoms with E-state index in [-0.39, 0.29) is 0 Å². The molecule has 0 aromatic heterocycles. The van der Waals surface area contributed by atoms with Crippen molar-refractivity contribution in [2.24, 2.45) is 0 Å². The second kappa shape index (κ2) is 5.87. The Hall–Kier alpha value is -2.50. The fourth-order valence-electron chi connectivity index (χ4n) is 1.78. The first-order valence-electron chi connectivity index (χ1n) is 6.18. The van der Waals surface area contributed by atoms with Crippen LogP contribution in [0.3, 0.4) is 0 Å². The monoisotopic (exact) mass is 294 g/mol. The van der Waals surface area contributed by atoms with Gasteiger partial charge in [0.15, 0.2) is 17.5 Å². The van der Waals surface area contributed by atoms with Gasteiger partial charge in [0.05, 0.1) is 5.69 Å². The van der Waals surface area contributed by atoms with Crippen molar-refractivity contribution in [2.75, 3.05) is 10.6 Å². The van der Waals surface area contributed by atoms with Gasteiger partial charge in [0.1, 0.15) is 0 Å². The fourth-order valence-corrected chi connectivity index (χ4v) is 1.78. The number of hydrogen-bond acceptors (Lipinski definition) is 1. The molecule has 0 bridgehead atoms. The molecule has 21 heavy (non-hydrogen) atoms. The number of rotatable bonds is 2. The summed E-state index contributed by atoms with van der Waals surface area (Å²) in [6, 6.07) is 6.28. The lowest BCUT2D eigenvalue weighted by Crippen LogP contribution is -2.21. The lowest BCUT2D eigenvalue weighted by molar-refractivity contribution is 0.262. The van der Waals surface area contributed by atoms with Crippen LogP contribution in [0.25, 0.3) is 0 Å². The zero-order valence-electron chi connectivity index (χ0n) is 11.4. The molecule has 2 rings (SSSR count). The van der Waals surface area contributed by atoms with Crippen molar-refractivity contribution < 1.29 is 18.0 Å². The van der Waals surface area contributed by atoms with E-state index in [1.54, 1.807) is 12.1 Å². The van der Waals surface area contributed by atoms with Crippen molar-refractivity contribution in [3.8, 4) is 0 Å². The van der Waals surface area contributed by atoms with Crippen LogP contribution in [-0.4, -0.2) is 6.03 Å². The van der Waals surface area contributed by atoms with Gasteiger partial charge < -0.3 is 10.6 Å². The number of hydrogen-bond donors (Lipinski definition) is 2. The van der Waals surface area contributed by atoms with Crippen molar-refractivity contribution in [1.29, 1.82) is 0 Å². The summed E-state index contributed by atoms with van der Waals surface area (Å²) in [4.78, 5) is 11.8. The Bertz CT molecular complexity index is 702. The van der Waals surface area contributed by atoms with E-state index < -0.39 is 29.2 Å². The quantitative estimate of drug-likeness (QED) is 0.794. The maximum atomic E-state index is 13.4. The summed E-state index contributed by atoms with van der Waals surface area (Å²) >= 11 is 0. The SMILES string of the molecule is Cc1cccc(NC(=O)Nc2ccc(F)c(F)c2F)c1C. The third-order valence-corrected chi connectivity index (χ3v) is 3.14. The van der Waals surface area contributed by atoms with Gasteiger partial charge in [-0.1, -0.05) is 12.1 Å². The van der Waals surface area contributed by atoms with Gasteiger partial charge in [-0.15, -0.1) is 0 Å². The molecule has 0 fully saturated rings. The van der Waals surface area contributed by atoms with Gasteiger partial charge in [-0.3, -0.25) is 0 Å². The molecular formula is C15H13F3N2O. The zero-order valence-corrected chi connectivity index (χ0v) is 11.4. The first-order chi connectivity index (χ1) is 9.90. The number of urea groups is 1. The highest BCUT2D eigenvalue weighted by Gasteiger charge is 2.15. The van der Waals surface area contributed by atoms with E-state index in [0.717, 1.165) is 23.3 Å². The second-order valence-electron chi connectivity index (χ2n) is 4.55. The molecule has 0 aliphatic carbocycles. The number of halogens is 3. The van der Waals surface area contributed by atoms with Crippen LogP contribution >= 0.6 is 0 Å². The number of benzene rings is 2. The lowest BCUT2D eigenvalue weighted by Gasteiger charge is -2.12. The highest BCUT2D eigenvalue weighted by atomic mass is 19.2. The first kappa shape index (κ1) is 14.9. The number of anilines is 2. The van der Waals surface area contributed by atoms with Crippen molar-refractivity contribution >= 4 is 17.4 Å². The van der Waals surface area contributed by atoms with Crippen LogP contribution in [0, 0.1) is 31.3 Å². The second-order valence-corrected chi connectivity index (χ2v) is 4.55. The smallest absolute Gasteiger partial charge is 0.307 e. The summed E-state index contributed by atoms with van der Waals surface area (Å²) in [5.41, 5.74) is 1.96. The molecule has 2 amide bonds. The van der Waals surface area contributed by atoms with E-state index in [1.807, 2.05) is 19.9 Å². The first-order valence-corrected chi connectivity index (χ1v) is 6.18. The van der Waals surface area contributed by atoms with E-state index in [4.69, 9.17) is 0 Å². The molecule has 0 saturated heterocycles. The van der Waals surface area contributed by atoms with E-state index in [9.17, 15) is 18.0 Å². The van der Waals surface area contributed by atoms with Crippen molar-refractivity contribution in [2.45, 2.75) is 13.8 Å². The highest BCUT2D eigenvalue weighted by Crippen LogP contribution is 2.21. The standard InChI is InChI=1S/C15H13F3N2O/c1-8-4-3-5-11(9(8)2)19-15(21)20-12-7-6-10(16)13(17)14(12)18/h3-7H,1-2H3,(H2,19,20,21). The maximum Gasteiger partial charge on any atom is 0.323 e. The largest absolute Gasteiger partial charge is 0.323 e. The Balaban J connectivity index is 2.16. The Labute approximate surface area is 119 Å². The Morgan fingerprint density at radius 2 is 1.57 bits per heavy atom. The van der Waals surface area contributed by atoms with Crippen LogP contribution in [0.4, 0.5) is 29.3 Å². The summed E-state index contributed by atoms with van der Waals surface area (Å²) in [6.45, 7) is 3.70. The van der Waals surface area contributed by atoms with E-state index in [1.165, 1.54) is 0 Å². The average Bonchev–Trinajstić information content (AvgIpc) is 2.45. The molecule has 0 aliphatic heterocycles. The third kappa shape index (κ3) is 3.16. The summed E-state index contributed by atoms with van der Waals surface area (Å²) in [5.74, 6) is -4.38. The predicted molar refractivity (Wildman–Crippen MR) is 74.9 cm³/mol. The molecule has 2 aromatic carbocycles. The predicted octanol–water partition coefficient (Wildman–Crippen LogP) is 4.36. The van der Waals surface area contributed by atoms with Gasteiger partial charge in [-0.25, -0.2) is 18.0 Å². The third-order valence-electron chi connectivity index (χ3n) is 3.14. The van der Waals surface area contributed by atoms with Crippen LogP contribution in [0.15, 0.2) is 30.3 Å². The molecule has 0 heterocycles.